The van der Waals surface area contributed by atoms with Crippen molar-refractivity contribution in [2.24, 2.45) is 16.8 Å². The molecule has 0 amide bonds. The van der Waals surface area contributed by atoms with E-state index >= 15 is 0 Å². The van der Waals surface area contributed by atoms with Gasteiger partial charge in [-0.1, -0.05) is 17.3 Å². The summed E-state index contributed by atoms with van der Waals surface area (Å²) in [5.74, 6) is 1.61. The number of ether oxygens (including phenoxy) is 1. The smallest absolute Gasteiger partial charge is 0.146 e. The van der Waals surface area contributed by atoms with Crippen LogP contribution in [-0.4, -0.2) is 33.8 Å². The fourth-order valence-corrected chi connectivity index (χ4v) is 2.85. The molecule has 6 nitrogen and oxygen atoms in total. The summed E-state index contributed by atoms with van der Waals surface area (Å²) in [6.45, 7) is 2.55. The highest BCUT2D eigenvalue weighted by Crippen LogP contribution is 2.22. The lowest BCUT2D eigenvalue weighted by molar-refractivity contribution is 0.0614. The van der Waals surface area contributed by atoms with Crippen molar-refractivity contribution in [3.63, 3.8) is 0 Å². The zero-order valence-electron chi connectivity index (χ0n) is 11.9. The molecule has 2 aromatic rings. The van der Waals surface area contributed by atoms with Crippen molar-refractivity contribution in [1.29, 1.82) is 0 Å². The predicted octanol–water partition coefficient (Wildman–Crippen LogP) is 1.75. The molecule has 0 bridgehead atoms. The molecule has 0 saturated carbocycles. The topological polar surface area (TPSA) is 85.7 Å². The molecule has 3 N–H and O–H groups in total. The molecule has 1 aromatic heterocycles. The molecular formula is C15H20N4O2. The van der Waals surface area contributed by atoms with Crippen molar-refractivity contribution >= 4 is 16.9 Å². The number of rotatable bonds is 4. The van der Waals surface area contributed by atoms with Crippen LogP contribution in [0.2, 0.25) is 0 Å². The van der Waals surface area contributed by atoms with Gasteiger partial charge in [-0.05, 0) is 30.9 Å². The molecule has 21 heavy (non-hydrogen) atoms. The molecule has 1 fully saturated rings. The molecule has 1 aromatic carbocycles. The lowest BCUT2D eigenvalue weighted by atomic mass is 10.0. The van der Waals surface area contributed by atoms with Gasteiger partial charge in [-0.3, -0.25) is 0 Å². The maximum atomic E-state index is 8.79. The molecule has 0 spiro atoms. The van der Waals surface area contributed by atoms with Crippen molar-refractivity contribution in [3.05, 3.63) is 30.1 Å². The van der Waals surface area contributed by atoms with E-state index in [-0.39, 0.29) is 5.84 Å². The monoisotopic (exact) mass is 288 g/mol. The van der Waals surface area contributed by atoms with Gasteiger partial charge in [0.1, 0.15) is 11.7 Å². The van der Waals surface area contributed by atoms with E-state index < -0.39 is 0 Å². The molecule has 1 saturated heterocycles. The Labute approximate surface area is 123 Å². The van der Waals surface area contributed by atoms with Crippen LogP contribution in [0.4, 0.5) is 0 Å². The van der Waals surface area contributed by atoms with Crippen LogP contribution in [0.3, 0.4) is 0 Å². The van der Waals surface area contributed by atoms with Crippen LogP contribution in [0.15, 0.2) is 29.4 Å². The molecule has 1 aliphatic rings. The van der Waals surface area contributed by atoms with Gasteiger partial charge in [0, 0.05) is 19.8 Å². The van der Waals surface area contributed by atoms with Gasteiger partial charge in [-0.2, -0.15) is 0 Å². The second-order valence-electron chi connectivity index (χ2n) is 5.45. The predicted molar refractivity (Wildman–Crippen MR) is 80.4 cm³/mol. The van der Waals surface area contributed by atoms with Crippen molar-refractivity contribution < 1.29 is 9.94 Å². The Morgan fingerprint density at radius 1 is 1.38 bits per heavy atom. The zero-order chi connectivity index (χ0) is 14.7. The molecule has 0 radical (unpaired) electrons. The number of aromatic nitrogens is 2. The van der Waals surface area contributed by atoms with E-state index in [1.165, 1.54) is 0 Å². The van der Waals surface area contributed by atoms with Crippen LogP contribution in [0.1, 0.15) is 18.7 Å². The van der Waals surface area contributed by atoms with Crippen molar-refractivity contribution in [1.82, 2.24) is 9.55 Å². The third-order valence-corrected chi connectivity index (χ3v) is 3.98. The number of oxime groups is 1. The summed E-state index contributed by atoms with van der Waals surface area (Å²) in [7, 11) is 0. The average molecular weight is 288 g/mol. The van der Waals surface area contributed by atoms with Crippen LogP contribution >= 0.6 is 0 Å². The standard InChI is InChI=1S/C15H20N4O2/c16-14(18-20)9-15-17-12-3-1-2-4-13(12)19(15)10-11-5-7-21-8-6-11/h1-4,11,20H,5-10H2,(H2,16,18). The van der Waals surface area contributed by atoms with E-state index in [9.17, 15) is 0 Å². The number of nitrogens with zero attached hydrogens (tertiary/aromatic N) is 3. The number of hydrogen-bond donors (Lipinski definition) is 2. The van der Waals surface area contributed by atoms with Crippen molar-refractivity contribution in [3.8, 4) is 0 Å². The van der Waals surface area contributed by atoms with Crippen LogP contribution in [0.25, 0.3) is 11.0 Å². The van der Waals surface area contributed by atoms with Gasteiger partial charge in [0.05, 0.1) is 17.5 Å². The largest absolute Gasteiger partial charge is 0.409 e. The van der Waals surface area contributed by atoms with Gasteiger partial charge in [0.2, 0.25) is 0 Å². The molecule has 2 heterocycles. The number of hydrogen-bond acceptors (Lipinski definition) is 4. The Morgan fingerprint density at radius 3 is 2.90 bits per heavy atom. The molecule has 0 atom stereocenters. The number of amidine groups is 1. The second-order valence-corrected chi connectivity index (χ2v) is 5.45. The minimum Gasteiger partial charge on any atom is -0.409 e. The molecule has 6 heteroatoms. The van der Waals surface area contributed by atoms with Crippen LogP contribution in [-0.2, 0) is 17.7 Å². The summed E-state index contributed by atoms with van der Waals surface area (Å²) < 4.78 is 7.62. The highest BCUT2D eigenvalue weighted by Gasteiger charge is 2.18. The molecule has 3 rings (SSSR count). The number of benzene rings is 1. The molecule has 112 valence electrons. The number of nitrogens with two attached hydrogens (primary N) is 1. The summed E-state index contributed by atoms with van der Waals surface area (Å²) in [6.07, 6.45) is 2.49. The summed E-state index contributed by atoms with van der Waals surface area (Å²) in [5, 5.41) is 11.9. The van der Waals surface area contributed by atoms with Crippen molar-refractivity contribution in [2.75, 3.05) is 13.2 Å². The normalized spacial score (nSPS) is 17.4. The van der Waals surface area contributed by atoms with Crippen LogP contribution in [0, 0.1) is 5.92 Å². The first-order chi connectivity index (χ1) is 10.3. The zero-order valence-corrected chi connectivity index (χ0v) is 11.9. The highest BCUT2D eigenvalue weighted by molar-refractivity contribution is 5.83. The fourth-order valence-electron chi connectivity index (χ4n) is 2.85. The van der Waals surface area contributed by atoms with E-state index in [4.69, 9.17) is 15.7 Å². The van der Waals surface area contributed by atoms with E-state index in [1.54, 1.807) is 0 Å². The van der Waals surface area contributed by atoms with E-state index in [0.717, 1.165) is 49.5 Å². The SMILES string of the molecule is NC(Cc1nc2ccccc2n1CC1CCOCC1)=NO. The minimum atomic E-state index is 0.179. The molecule has 0 aliphatic carbocycles. The summed E-state index contributed by atoms with van der Waals surface area (Å²) >= 11 is 0. The Morgan fingerprint density at radius 2 is 2.14 bits per heavy atom. The Kier molecular flexibility index (Phi) is 4.06. The maximum absolute atomic E-state index is 8.79. The minimum absolute atomic E-state index is 0.179. The summed E-state index contributed by atoms with van der Waals surface area (Å²) in [6, 6.07) is 8.04. The first kappa shape index (κ1) is 13.9. The summed E-state index contributed by atoms with van der Waals surface area (Å²) in [4.78, 5) is 4.63. The van der Waals surface area contributed by atoms with Gasteiger partial charge >= 0.3 is 0 Å². The lowest BCUT2D eigenvalue weighted by Crippen LogP contribution is -2.23. The van der Waals surface area contributed by atoms with Gasteiger partial charge in [0.15, 0.2) is 0 Å². The van der Waals surface area contributed by atoms with Crippen LogP contribution < -0.4 is 5.73 Å². The molecule has 1 aliphatic heterocycles. The third kappa shape index (κ3) is 3.00. The highest BCUT2D eigenvalue weighted by atomic mass is 16.5. The first-order valence-corrected chi connectivity index (χ1v) is 7.26. The van der Waals surface area contributed by atoms with Crippen LogP contribution in [0.5, 0.6) is 0 Å². The van der Waals surface area contributed by atoms with E-state index in [2.05, 4.69) is 20.8 Å². The Bertz CT molecular complexity index is 644. The first-order valence-electron chi connectivity index (χ1n) is 7.26. The number of imidazole rings is 1. The van der Waals surface area contributed by atoms with Gasteiger partial charge in [0.25, 0.3) is 0 Å². The quantitative estimate of drug-likeness (QED) is 0.388. The number of fused-ring (bicyclic) bond motifs is 1. The summed E-state index contributed by atoms with van der Waals surface area (Å²) in [5.41, 5.74) is 7.71. The van der Waals surface area contributed by atoms with Gasteiger partial charge in [-0.25, -0.2) is 4.98 Å². The second kappa shape index (κ2) is 6.13. The third-order valence-electron chi connectivity index (χ3n) is 3.98. The fraction of sp³-hybridized carbons (Fsp3) is 0.467. The average Bonchev–Trinajstić information content (AvgIpc) is 2.86. The van der Waals surface area contributed by atoms with E-state index in [1.807, 2.05) is 18.2 Å². The van der Waals surface area contributed by atoms with E-state index in [0.29, 0.717) is 12.3 Å². The number of para-hydroxylation sites is 2. The lowest BCUT2D eigenvalue weighted by Gasteiger charge is -2.23. The van der Waals surface area contributed by atoms with Gasteiger partial charge in [-0.15, -0.1) is 0 Å². The maximum Gasteiger partial charge on any atom is 0.146 e. The van der Waals surface area contributed by atoms with Crippen molar-refractivity contribution in [2.45, 2.75) is 25.8 Å². The van der Waals surface area contributed by atoms with Gasteiger partial charge < -0.3 is 20.2 Å². The molecular weight excluding hydrogens is 268 g/mol. The Balaban J connectivity index is 1.94. The Hall–Kier alpha value is -2.08. The molecule has 0 unspecified atom stereocenters.